The van der Waals surface area contributed by atoms with Crippen LogP contribution in [0.15, 0.2) is 12.1 Å². The third kappa shape index (κ3) is 9.24. The van der Waals surface area contributed by atoms with Crippen LogP contribution in [0.4, 0.5) is 10.5 Å². The highest BCUT2D eigenvalue weighted by Gasteiger charge is 2.22. The number of likely N-dealkylation sites (N-methyl/N-ethyl adjacent to an activating group) is 1. The third-order valence-corrected chi connectivity index (χ3v) is 6.46. The van der Waals surface area contributed by atoms with Crippen molar-refractivity contribution in [2.75, 3.05) is 44.7 Å². The average Bonchev–Trinajstić information content (AvgIpc) is 2.78. The smallest absolute Gasteiger partial charge is 0.407 e. The number of nitrogens with zero attached hydrogens (tertiary/aromatic N) is 2. The molecular formula is C26H44ClN3O3. The molecule has 1 aromatic rings. The van der Waals surface area contributed by atoms with E-state index in [2.05, 4.69) is 35.0 Å². The van der Waals surface area contributed by atoms with Crippen molar-refractivity contribution in [3.63, 3.8) is 0 Å². The van der Waals surface area contributed by atoms with Crippen LogP contribution >= 0.6 is 11.6 Å². The third-order valence-electron chi connectivity index (χ3n) is 6.18. The zero-order valence-corrected chi connectivity index (χ0v) is 22.3. The molecule has 2 aliphatic rings. The minimum absolute atomic E-state index is 0.274. The zero-order chi connectivity index (χ0) is 24.4. The summed E-state index contributed by atoms with van der Waals surface area (Å²) in [5.41, 5.74) is 2.01. The summed E-state index contributed by atoms with van der Waals surface area (Å²) in [6, 6.07) is 4.55. The largest absolute Gasteiger partial charge is 0.493 e. The number of ether oxygens (including phenoxy) is 2. The van der Waals surface area contributed by atoms with Gasteiger partial charge in [-0.15, -0.1) is 0 Å². The second-order valence-electron chi connectivity index (χ2n) is 9.89. The second-order valence-corrected chi connectivity index (χ2v) is 10.3. The van der Waals surface area contributed by atoms with Crippen molar-refractivity contribution in [1.29, 1.82) is 0 Å². The van der Waals surface area contributed by atoms with Crippen LogP contribution in [0.1, 0.15) is 72.3 Å². The molecule has 6 nitrogen and oxygen atoms in total. The number of anilines is 1. The second kappa shape index (κ2) is 13.3. The molecule has 1 heterocycles. The van der Waals surface area contributed by atoms with Gasteiger partial charge in [0, 0.05) is 32.2 Å². The molecule has 0 atom stereocenters. The molecule has 1 aliphatic carbocycles. The Labute approximate surface area is 205 Å². The number of halogens is 1. The van der Waals surface area contributed by atoms with Crippen molar-refractivity contribution in [3.05, 3.63) is 22.7 Å². The molecule has 1 saturated heterocycles. The van der Waals surface area contributed by atoms with Crippen molar-refractivity contribution >= 4 is 23.4 Å². The van der Waals surface area contributed by atoms with E-state index in [0.29, 0.717) is 6.04 Å². The van der Waals surface area contributed by atoms with E-state index in [1.54, 1.807) is 7.11 Å². The van der Waals surface area contributed by atoms with E-state index in [9.17, 15) is 4.79 Å². The maximum atomic E-state index is 11.4. The van der Waals surface area contributed by atoms with E-state index in [1.165, 1.54) is 24.8 Å². The highest BCUT2D eigenvalue weighted by Crippen LogP contribution is 2.37. The molecule has 0 spiro atoms. The van der Waals surface area contributed by atoms with Crippen LogP contribution in [0.5, 0.6) is 5.75 Å². The molecule has 0 aromatic heterocycles. The van der Waals surface area contributed by atoms with E-state index in [-0.39, 0.29) is 6.09 Å². The van der Waals surface area contributed by atoms with Crippen molar-refractivity contribution in [2.24, 2.45) is 0 Å². The lowest BCUT2D eigenvalue weighted by Crippen LogP contribution is -2.46. The number of rotatable bonds is 5. The molecule has 2 fully saturated rings. The Morgan fingerprint density at radius 2 is 1.73 bits per heavy atom. The van der Waals surface area contributed by atoms with Gasteiger partial charge in [-0.05, 0) is 64.3 Å². The van der Waals surface area contributed by atoms with Gasteiger partial charge >= 0.3 is 6.09 Å². The number of hydrogen-bond donors (Lipinski definition) is 1. The van der Waals surface area contributed by atoms with Crippen LogP contribution in [0.25, 0.3) is 0 Å². The van der Waals surface area contributed by atoms with Gasteiger partial charge in [-0.2, -0.15) is 0 Å². The lowest BCUT2D eigenvalue weighted by Gasteiger charge is -2.36. The van der Waals surface area contributed by atoms with Gasteiger partial charge in [0.25, 0.3) is 0 Å². The number of hydrogen-bond acceptors (Lipinski definition) is 5. The van der Waals surface area contributed by atoms with Crippen molar-refractivity contribution in [2.45, 2.75) is 84.8 Å². The van der Waals surface area contributed by atoms with E-state index in [1.807, 2.05) is 26.8 Å². The number of piperazine rings is 1. The first kappa shape index (κ1) is 27.6. The molecule has 0 bridgehead atoms. The molecule has 0 unspecified atom stereocenters. The summed E-state index contributed by atoms with van der Waals surface area (Å²) in [6.45, 7) is 15.4. The summed E-state index contributed by atoms with van der Waals surface area (Å²) >= 11 is 6.33. The van der Waals surface area contributed by atoms with E-state index >= 15 is 0 Å². The fourth-order valence-electron chi connectivity index (χ4n) is 4.30. The Hall–Kier alpha value is -1.66. The fraction of sp³-hybridized carbons (Fsp3) is 0.731. The maximum Gasteiger partial charge on any atom is 0.407 e. The van der Waals surface area contributed by atoms with E-state index in [0.717, 1.165) is 68.4 Å². The highest BCUT2D eigenvalue weighted by molar-refractivity contribution is 6.32. The van der Waals surface area contributed by atoms with Crippen molar-refractivity contribution in [1.82, 2.24) is 10.2 Å². The van der Waals surface area contributed by atoms with Gasteiger partial charge < -0.3 is 24.6 Å². The first-order chi connectivity index (χ1) is 15.7. The summed E-state index contributed by atoms with van der Waals surface area (Å²) in [5.74, 6) is 0.809. The Morgan fingerprint density at radius 1 is 1.09 bits per heavy atom. The van der Waals surface area contributed by atoms with Crippen LogP contribution in [0, 0.1) is 0 Å². The number of aryl methyl sites for hydroxylation is 1. The molecule has 1 amide bonds. The van der Waals surface area contributed by atoms with Crippen LogP contribution in [0.2, 0.25) is 5.02 Å². The molecule has 33 heavy (non-hydrogen) atoms. The fourth-order valence-corrected chi connectivity index (χ4v) is 4.61. The molecule has 1 saturated carbocycles. The Balaban J connectivity index is 0.000000245. The molecule has 3 rings (SSSR count). The van der Waals surface area contributed by atoms with Gasteiger partial charge in [-0.25, -0.2) is 4.79 Å². The number of nitrogens with one attached hydrogen (secondary N) is 1. The molecule has 1 aliphatic heterocycles. The molecular weight excluding hydrogens is 438 g/mol. The number of carbonyl (C=O) groups is 1. The van der Waals surface area contributed by atoms with Gasteiger partial charge in [0.05, 0.1) is 17.8 Å². The van der Waals surface area contributed by atoms with Crippen LogP contribution in [-0.4, -0.2) is 62.5 Å². The summed E-state index contributed by atoms with van der Waals surface area (Å²) in [5, 5.41) is 3.63. The molecule has 7 heteroatoms. The minimum Gasteiger partial charge on any atom is -0.493 e. The SMILES string of the molecule is CC(C)(C)OC(=O)NC1CCCCC1.CCc1cc(Cl)c(OC)c(N2CCN(CC)CC2)c1. The lowest BCUT2D eigenvalue weighted by molar-refractivity contribution is 0.0493. The number of methoxy groups -OCH3 is 1. The standard InChI is InChI=1S/C15H23ClN2O.C11H21NO2/c1-4-12-10-13(16)15(19-3)14(11-12)18-8-6-17(5-2)7-9-18;1-11(2,3)14-10(13)12-9-7-5-4-6-8-9/h10-11H,4-9H2,1-3H3;9H,4-8H2,1-3H3,(H,12,13). The van der Waals surface area contributed by atoms with Crippen LogP contribution in [-0.2, 0) is 11.2 Å². The minimum atomic E-state index is -0.390. The summed E-state index contributed by atoms with van der Waals surface area (Å²) in [4.78, 5) is 16.2. The first-order valence-electron chi connectivity index (χ1n) is 12.5. The van der Waals surface area contributed by atoms with Crippen LogP contribution < -0.4 is 15.0 Å². The number of amides is 1. The first-order valence-corrected chi connectivity index (χ1v) is 12.9. The zero-order valence-electron chi connectivity index (χ0n) is 21.5. The number of carbonyl (C=O) groups excluding carboxylic acids is 1. The van der Waals surface area contributed by atoms with Gasteiger partial charge in [0.2, 0.25) is 0 Å². The summed E-state index contributed by atoms with van der Waals surface area (Å²) < 4.78 is 10.7. The number of benzene rings is 1. The van der Waals surface area contributed by atoms with Gasteiger partial charge in [0.1, 0.15) is 5.60 Å². The average molecular weight is 482 g/mol. The van der Waals surface area contributed by atoms with E-state index < -0.39 is 5.60 Å². The monoisotopic (exact) mass is 481 g/mol. The highest BCUT2D eigenvalue weighted by atomic mass is 35.5. The summed E-state index contributed by atoms with van der Waals surface area (Å²) in [6.07, 6.45) is 6.65. The normalized spacial score (nSPS) is 17.7. The van der Waals surface area contributed by atoms with Gasteiger partial charge in [-0.1, -0.05) is 44.7 Å². The van der Waals surface area contributed by atoms with Gasteiger partial charge in [-0.3, -0.25) is 0 Å². The maximum absolute atomic E-state index is 11.4. The van der Waals surface area contributed by atoms with Crippen molar-refractivity contribution < 1.29 is 14.3 Å². The van der Waals surface area contributed by atoms with Crippen LogP contribution in [0.3, 0.4) is 0 Å². The van der Waals surface area contributed by atoms with E-state index in [4.69, 9.17) is 21.1 Å². The van der Waals surface area contributed by atoms with Gasteiger partial charge in [0.15, 0.2) is 5.75 Å². The molecule has 0 radical (unpaired) electrons. The quantitative estimate of drug-likeness (QED) is 0.567. The summed E-state index contributed by atoms with van der Waals surface area (Å²) in [7, 11) is 1.69. The lowest BCUT2D eigenvalue weighted by atomic mass is 9.96. The Morgan fingerprint density at radius 3 is 2.24 bits per heavy atom. The Bertz CT molecular complexity index is 737. The van der Waals surface area contributed by atoms with Crippen molar-refractivity contribution in [3.8, 4) is 5.75 Å². The molecule has 1 aromatic carbocycles. The Kier molecular flexibility index (Phi) is 11.1. The molecule has 188 valence electrons. The predicted molar refractivity (Wildman–Crippen MR) is 138 cm³/mol. The topological polar surface area (TPSA) is 54.0 Å². The predicted octanol–water partition coefficient (Wildman–Crippen LogP) is 5.90. The number of alkyl carbamates (subject to hydrolysis) is 1. The molecule has 1 N–H and O–H groups in total.